The Kier molecular flexibility index (Phi) is 4.42. The number of rotatable bonds is 4. The van der Waals surface area contributed by atoms with E-state index in [1.54, 1.807) is 12.1 Å². The predicted molar refractivity (Wildman–Crippen MR) is 70.7 cm³/mol. The Hall–Kier alpha value is -2.15. The van der Waals surface area contributed by atoms with Gasteiger partial charge in [0.25, 0.3) is 0 Å². The van der Waals surface area contributed by atoms with Gasteiger partial charge in [-0.15, -0.1) is 0 Å². The van der Waals surface area contributed by atoms with Crippen molar-refractivity contribution < 1.29 is 17.9 Å². The van der Waals surface area contributed by atoms with Crippen LogP contribution >= 0.6 is 0 Å². The Labute approximate surface area is 119 Å². The summed E-state index contributed by atoms with van der Waals surface area (Å²) in [5.41, 5.74) is 5.83. The molecule has 2 aromatic heterocycles. The quantitative estimate of drug-likeness (QED) is 0.942. The normalized spacial score (nSPS) is 13.0. The molecule has 112 valence electrons. The topological polar surface area (TPSA) is 61.0 Å². The zero-order chi connectivity index (χ0) is 15.5. The van der Waals surface area contributed by atoms with Crippen LogP contribution < -0.4 is 10.5 Å². The first kappa shape index (κ1) is 15.2. The molecule has 0 saturated heterocycles. The van der Waals surface area contributed by atoms with Gasteiger partial charge in [0.1, 0.15) is 0 Å². The van der Waals surface area contributed by atoms with Gasteiger partial charge in [-0.3, -0.25) is 4.98 Å². The van der Waals surface area contributed by atoms with Crippen molar-refractivity contribution >= 4 is 0 Å². The van der Waals surface area contributed by atoms with Gasteiger partial charge >= 0.3 is 6.18 Å². The van der Waals surface area contributed by atoms with Crippen LogP contribution in [0.1, 0.15) is 22.7 Å². The number of ether oxygens (including phenoxy) is 1. The molecule has 4 nitrogen and oxygen atoms in total. The number of alkyl halides is 3. The molecule has 0 aliphatic rings. The van der Waals surface area contributed by atoms with Crippen LogP contribution in [0.3, 0.4) is 0 Å². The fraction of sp³-hybridized carbons (Fsp3) is 0.286. The van der Waals surface area contributed by atoms with Gasteiger partial charge in [0, 0.05) is 30.7 Å². The van der Waals surface area contributed by atoms with Crippen molar-refractivity contribution in [3.05, 3.63) is 53.5 Å². The number of pyridine rings is 2. The third-order valence-electron chi connectivity index (χ3n) is 3.02. The maximum absolute atomic E-state index is 12.9. The molecule has 0 fully saturated rings. The van der Waals surface area contributed by atoms with E-state index in [4.69, 9.17) is 10.5 Å². The molecule has 0 aliphatic heterocycles. The SMILES string of the molecule is COc1ccc(CC(N)c2cnccc2C(F)(F)F)cn1. The molecule has 2 aromatic rings. The molecule has 0 aromatic carbocycles. The first-order chi connectivity index (χ1) is 9.91. The maximum atomic E-state index is 12.9. The molecule has 21 heavy (non-hydrogen) atoms. The van der Waals surface area contributed by atoms with Gasteiger partial charge in [-0.2, -0.15) is 13.2 Å². The lowest BCUT2D eigenvalue weighted by molar-refractivity contribution is -0.138. The lowest BCUT2D eigenvalue weighted by atomic mass is 9.98. The third-order valence-corrected chi connectivity index (χ3v) is 3.02. The third kappa shape index (κ3) is 3.69. The highest BCUT2D eigenvalue weighted by Gasteiger charge is 2.34. The van der Waals surface area contributed by atoms with E-state index in [-0.39, 0.29) is 12.0 Å². The van der Waals surface area contributed by atoms with E-state index >= 15 is 0 Å². The van der Waals surface area contributed by atoms with E-state index in [0.29, 0.717) is 5.88 Å². The van der Waals surface area contributed by atoms with E-state index in [1.165, 1.54) is 13.3 Å². The minimum Gasteiger partial charge on any atom is -0.481 e. The second kappa shape index (κ2) is 6.09. The number of hydrogen-bond acceptors (Lipinski definition) is 4. The first-order valence-electron chi connectivity index (χ1n) is 6.17. The number of nitrogens with two attached hydrogens (primary N) is 1. The summed E-state index contributed by atoms with van der Waals surface area (Å²) >= 11 is 0. The highest BCUT2D eigenvalue weighted by atomic mass is 19.4. The molecule has 0 saturated carbocycles. The molecule has 7 heteroatoms. The zero-order valence-corrected chi connectivity index (χ0v) is 11.3. The molecule has 0 aliphatic carbocycles. The average molecular weight is 297 g/mol. The van der Waals surface area contributed by atoms with E-state index in [1.807, 2.05) is 0 Å². The van der Waals surface area contributed by atoms with E-state index in [2.05, 4.69) is 9.97 Å². The summed E-state index contributed by atoms with van der Waals surface area (Å²) in [4.78, 5) is 7.73. The van der Waals surface area contributed by atoms with Crippen LogP contribution in [-0.2, 0) is 12.6 Å². The largest absolute Gasteiger partial charge is 0.481 e. The van der Waals surface area contributed by atoms with Gasteiger partial charge in [-0.1, -0.05) is 6.07 Å². The second-order valence-corrected chi connectivity index (χ2v) is 4.48. The monoisotopic (exact) mass is 297 g/mol. The minimum absolute atomic E-state index is 0.0270. The Balaban J connectivity index is 2.22. The fourth-order valence-corrected chi connectivity index (χ4v) is 1.98. The van der Waals surface area contributed by atoms with Crippen LogP contribution in [0.5, 0.6) is 5.88 Å². The molecule has 0 spiro atoms. The average Bonchev–Trinajstić information content (AvgIpc) is 2.47. The summed E-state index contributed by atoms with van der Waals surface area (Å²) in [5, 5.41) is 0. The van der Waals surface area contributed by atoms with Crippen molar-refractivity contribution in [2.45, 2.75) is 18.6 Å². The number of halogens is 3. The summed E-state index contributed by atoms with van der Waals surface area (Å²) in [5.74, 6) is 0.435. The molecule has 0 bridgehead atoms. The number of hydrogen-bond donors (Lipinski definition) is 1. The fourth-order valence-electron chi connectivity index (χ4n) is 1.98. The summed E-state index contributed by atoms with van der Waals surface area (Å²) in [7, 11) is 1.49. The number of aromatic nitrogens is 2. The Bertz CT molecular complexity index is 599. The lowest BCUT2D eigenvalue weighted by Gasteiger charge is -2.17. The number of nitrogens with zero attached hydrogens (tertiary/aromatic N) is 2. The second-order valence-electron chi connectivity index (χ2n) is 4.48. The smallest absolute Gasteiger partial charge is 0.416 e. The highest BCUT2D eigenvalue weighted by molar-refractivity contribution is 5.31. The van der Waals surface area contributed by atoms with Crippen LogP contribution in [0.25, 0.3) is 0 Å². The standard InChI is InChI=1S/C14H14F3N3O/c1-21-13-3-2-9(7-20-13)6-12(18)10-8-19-5-4-11(10)14(15,16)17/h2-5,7-8,12H,6,18H2,1H3. The van der Waals surface area contributed by atoms with Gasteiger partial charge in [0.2, 0.25) is 5.88 Å². The zero-order valence-electron chi connectivity index (χ0n) is 11.3. The molecule has 1 unspecified atom stereocenters. The highest BCUT2D eigenvalue weighted by Crippen LogP contribution is 2.34. The molecule has 2 heterocycles. The molecular formula is C14H14F3N3O. The van der Waals surface area contributed by atoms with Crippen molar-refractivity contribution in [1.29, 1.82) is 0 Å². The minimum atomic E-state index is -4.45. The van der Waals surface area contributed by atoms with E-state index < -0.39 is 17.8 Å². The summed E-state index contributed by atoms with van der Waals surface area (Å²) < 4.78 is 43.7. The maximum Gasteiger partial charge on any atom is 0.416 e. The lowest BCUT2D eigenvalue weighted by Crippen LogP contribution is -2.19. The van der Waals surface area contributed by atoms with E-state index in [0.717, 1.165) is 24.0 Å². The predicted octanol–water partition coefficient (Wildman–Crippen LogP) is 2.75. The summed E-state index contributed by atoms with van der Waals surface area (Å²) in [6.07, 6.45) is -0.430. The van der Waals surface area contributed by atoms with Gasteiger partial charge in [0.05, 0.1) is 12.7 Å². The van der Waals surface area contributed by atoms with Gasteiger partial charge < -0.3 is 10.5 Å². The molecule has 0 amide bonds. The molecule has 1 atom stereocenters. The van der Waals surface area contributed by atoms with Gasteiger partial charge in [-0.25, -0.2) is 4.98 Å². The van der Waals surface area contributed by atoms with Crippen molar-refractivity contribution in [3.63, 3.8) is 0 Å². The Morgan fingerprint density at radius 1 is 1.24 bits per heavy atom. The van der Waals surface area contributed by atoms with Crippen LogP contribution in [-0.4, -0.2) is 17.1 Å². The van der Waals surface area contributed by atoms with Crippen molar-refractivity contribution in [3.8, 4) is 5.88 Å². The molecule has 2 rings (SSSR count). The van der Waals surface area contributed by atoms with Crippen LogP contribution in [0, 0.1) is 0 Å². The van der Waals surface area contributed by atoms with Crippen LogP contribution in [0.15, 0.2) is 36.8 Å². The van der Waals surface area contributed by atoms with Gasteiger partial charge in [0.15, 0.2) is 0 Å². The molecular weight excluding hydrogens is 283 g/mol. The summed E-state index contributed by atoms with van der Waals surface area (Å²) in [6.45, 7) is 0. The van der Waals surface area contributed by atoms with Crippen molar-refractivity contribution in [1.82, 2.24) is 9.97 Å². The Morgan fingerprint density at radius 2 is 2.00 bits per heavy atom. The van der Waals surface area contributed by atoms with Crippen LogP contribution in [0.4, 0.5) is 13.2 Å². The molecule has 2 N–H and O–H groups in total. The number of methoxy groups -OCH3 is 1. The van der Waals surface area contributed by atoms with Crippen LogP contribution in [0.2, 0.25) is 0 Å². The Morgan fingerprint density at radius 3 is 2.57 bits per heavy atom. The van der Waals surface area contributed by atoms with Crippen molar-refractivity contribution in [2.75, 3.05) is 7.11 Å². The summed E-state index contributed by atoms with van der Waals surface area (Å²) in [6, 6.07) is 3.47. The van der Waals surface area contributed by atoms with Gasteiger partial charge in [-0.05, 0) is 23.6 Å². The van der Waals surface area contributed by atoms with Crippen molar-refractivity contribution in [2.24, 2.45) is 5.73 Å². The first-order valence-corrected chi connectivity index (χ1v) is 6.17. The molecule has 0 radical (unpaired) electrons. The van der Waals surface area contributed by atoms with E-state index in [9.17, 15) is 13.2 Å².